The zero-order valence-corrected chi connectivity index (χ0v) is 13.3. The molecule has 1 aromatic heterocycles. The first-order valence-electron chi connectivity index (χ1n) is 6.99. The fraction of sp³-hybridized carbons (Fsp3) is 0.0588. The number of methoxy groups -OCH3 is 1. The summed E-state index contributed by atoms with van der Waals surface area (Å²) in [6, 6.07) is 19.3. The van der Waals surface area contributed by atoms with Crippen molar-refractivity contribution in [2.24, 2.45) is 0 Å². The average molecular weight is 325 g/mol. The highest BCUT2D eigenvalue weighted by atomic mass is 32.1. The molecule has 0 radical (unpaired) electrons. The normalized spacial score (nSPS) is 10.1. The van der Waals surface area contributed by atoms with Crippen LogP contribution in [0.5, 0.6) is 0 Å². The molecule has 1 heterocycles. The number of thiazole rings is 1. The van der Waals surface area contributed by atoms with Gasteiger partial charge in [-0.2, -0.15) is 0 Å². The molecule has 0 saturated carbocycles. The maximum Gasteiger partial charge on any atom is 0.358 e. The van der Waals surface area contributed by atoms with Crippen molar-refractivity contribution in [3.8, 4) is 10.4 Å². The number of para-hydroxylation sites is 1. The van der Waals surface area contributed by atoms with Crippen LogP contribution in [-0.4, -0.2) is 18.1 Å². The Morgan fingerprint density at radius 3 is 2.30 bits per heavy atom. The van der Waals surface area contributed by atoms with Crippen molar-refractivity contribution in [3.05, 3.63) is 66.4 Å². The van der Waals surface area contributed by atoms with Crippen molar-refractivity contribution in [1.29, 1.82) is 0 Å². The monoisotopic (exact) mass is 325 g/mol. The van der Waals surface area contributed by atoms with Gasteiger partial charge in [-0.05, 0) is 17.7 Å². The van der Waals surface area contributed by atoms with Gasteiger partial charge in [-0.25, -0.2) is 9.78 Å². The number of carbonyl (C=O) groups is 1. The van der Waals surface area contributed by atoms with Crippen LogP contribution in [0.2, 0.25) is 0 Å². The third-order valence-electron chi connectivity index (χ3n) is 3.13. The van der Waals surface area contributed by atoms with E-state index in [9.17, 15) is 4.79 Å². The summed E-state index contributed by atoms with van der Waals surface area (Å²) in [6.45, 7) is 0. The van der Waals surface area contributed by atoms with Gasteiger partial charge in [-0.1, -0.05) is 59.9 Å². The summed E-state index contributed by atoms with van der Waals surface area (Å²) < 4.78 is 4.83. The summed E-state index contributed by atoms with van der Waals surface area (Å²) in [6.07, 6.45) is 0. The van der Waals surface area contributed by atoms with Gasteiger partial charge in [0.25, 0.3) is 0 Å². The Morgan fingerprint density at radius 1 is 1.00 bits per heavy atom. The first kappa shape index (κ1) is 15.1. The van der Waals surface area contributed by atoms with Crippen LogP contribution in [0.1, 0.15) is 10.5 Å². The molecule has 0 amide bonds. The van der Waals surface area contributed by atoms with Gasteiger partial charge in [0.15, 0.2) is 5.69 Å². The summed E-state index contributed by atoms with van der Waals surface area (Å²) in [4.78, 5) is 17.1. The van der Waals surface area contributed by atoms with Crippen LogP contribution in [-0.2, 0) is 4.74 Å². The minimum Gasteiger partial charge on any atom is -0.464 e. The molecule has 23 heavy (non-hydrogen) atoms. The summed E-state index contributed by atoms with van der Waals surface area (Å²) in [7, 11) is 1.35. The minimum absolute atomic E-state index is 0.307. The fourth-order valence-electron chi connectivity index (χ4n) is 2.04. The SMILES string of the molecule is COC(=O)c1nc(NNc2ccccc2)sc1-c1ccccc1. The number of benzene rings is 2. The number of nitrogens with one attached hydrogen (secondary N) is 2. The van der Waals surface area contributed by atoms with Crippen LogP contribution in [0.4, 0.5) is 10.8 Å². The molecule has 6 heteroatoms. The number of hydrazine groups is 1. The zero-order chi connectivity index (χ0) is 16.1. The molecule has 0 aliphatic rings. The van der Waals surface area contributed by atoms with Gasteiger partial charge < -0.3 is 4.74 Å². The van der Waals surface area contributed by atoms with Crippen LogP contribution >= 0.6 is 11.3 Å². The number of hydrogen-bond acceptors (Lipinski definition) is 6. The Balaban J connectivity index is 1.87. The fourth-order valence-corrected chi connectivity index (χ4v) is 2.95. The molecular formula is C17H15N3O2S. The number of anilines is 2. The van der Waals surface area contributed by atoms with E-state index in [2.05, 4.69) is 15.8 Å². The second kappa shape index (κ2) is 6.93. The van der Waals surface area contributed by atoms with E-state index in [-0.39, 0.29) is 0 Å². The Kier molecular flexibility index (Phi) is 4.54. The third-order valence-corrected chi connectivity index (χ3v) is 4.15. The van der Waals surface area contributed by atoms with Crippen LogP contribution < -0.4 is 10.9 Å². The lowest BCUT2D eigenvalue weighted by molar-refractivity contribution is 0.0596. The Hall–Kier alpha value is -2.86. The molecule has 3 rings (SSSR count). The Labute approximate surface area is 137 Å². The third kappa shape index (κ3) is 3.49. The topological polar surface area (TPSA) is 63.2 Å². The molecule has 0 aliphatic heterocycles. The van der Waals surface area contributed by atoms with E-state index < -0.39 is 5.97 Å². The standard InChI is InChI=1S/C17H15N3O2S/c1-22-16(21)14-15(12-8-4-2-5-9-12)23-17(18-14)20-19-13-10-6-3-7-11-13/h2-11,19H,1H3,(H,18,20). The second-order valence-electron chi connectivity index (χ2n) is 4.67. The molecule has 5 nitrogen and oxygen atoms in total. The molecule has 116 valence electrons. The molecule has 0 aliphatic carbocycles. The van der Waals surface area contributed by atoms with Crippen LogP contribution in [0.3, 0.4) is 0 Å². The highest BCUT2D eigenvalue weighted by Gasteiger charge is 2.20. The summed E-state index contributed by atoms with van der Waals surface area (Å²) in [5.74, 6) is -0.451. The van der Waals surface area contributed by atoms with E-state index in [1.54, 1.807) is 0 Å². The van der Waals surface area contributed by atoms with Gasteiger partial charge in [0.2, 0.25) is 5.13 Å². The molecule has 0 spiro atoms. The van der Waals surface area contributed by atoms with E-state index in [0.717, 1.165) is 16.1 Å². The van der Waals surface area contributed by atoms with Gasteiger partial charge in [-0.15, -0.1) is 0 Å². The molecule has 0 unspecified atom stereocenters. The van der Waals surface area contributed by atoms with Crippen molar-refractivity contribution in [2.75, 3.05) is 18.0 Å². The van der Waals surface area contributed by atoms with E-state index >= 15 is 0 Å². The predicted octanol–water partition coefficient (Wildman–Crippen LogP) is 4.04. The molecule has 2 N–H and O–H groups in total. The number of nitrogens with zero attached hydrogens (tertiary/aromatic N) is 1. The largest absolute Gasteiger partial charge is 0.464 e. The number of rotatable bonds is 5. The Bertz CT molecular complexity index is 788. The molecule has 3 aromatic rings. The predicted molar refractivity (Wildman–Crippen MR) is 92.6 cm³/mol. The lowest BCUT2D eigenvalue weighted by Crippen LogP contribution is -2.09. The highest BCUT2D eigenvalue weighted by molar-refractivity contribution is 7.19. The second-order valence-corrected chi connectivity index (χ2v) is 5.67. The van der Waals surface area contributed by atoms with Gasteiger partial charge in [0, 0.05) is 0 Å². The molecule has 0 bridgehead atoms. The summed E-state index contributed by atoms with van der Waals surface area (Å²) in [5, 5.41) is 0.591. The molecule has 2 aromatic carbocycles. The minimum atomic E-state index is -0.451. The summed E-state index contributed by atoms with van der Waals surface area (Å²) >= 11 is 1.39. The maximum absolute atomic E-state index is 12.0. The average Bonchev–Trinajstić information content (AvgIpc) is 3.05. The van der Waals surface area contributed by atoms with E-state index in [0.29, 0.717) is 10.8 Å². The van der Waals surface area contributed by atoms with Crippen molar-refractivity contribution >= 4 is 28.1 Å². The summed E-state index contributed by atoms with van der Waals surface area (Å²) in [5.41, 5.74) is 8.22. The Morgan fingerprint density at radius 2 is 1.65 bits per heavy atom. The van der Waals surface area contributed by atoms with Crippen LogP contribution in [0.25, 0.3) is 10.4 Å². The quantitative estimate of drug-likeness (QED) is 0.547. The van der Waals surface area contributed by atoms with Crippen molar-refractivity contribution in [1.82, 2.24) is 4.98 Å². The number of hydrogen-bond donors (Lipinski definition) is 2. The zero-order valence-electron chi connectivity index (χ0n) is 12.4. The highest BCUT2D eigenvalue weighted by Crippen LogP contribution is 2.33. The van der Waals surface area contributed by atoms with Crippen LogP contribution in [0, 0.1) is 0 Å². The van der Waals surface area contributed by atoms with E-state index in [4.69, 9.17) is 4.74 Å². The number of esters is 1. The molecular weight excluding hydrogens is 310 g/mol. The molecule has 0 fully saturated rings. The first-order chi connectivity index (χ1) is 11.3. The maximum atomic E-state index is 12.0. The number of carbonyl (C=O) groups excluding carboxylic acids is 1. The van der Waals surface area contributed by atoms with Crippen molar-refractivity contribution in [2.45, 2.75) is 0 Å². The number of ether oxygens (including phenoxy) is 1. The van der Waals surface area contributed by atoms with Gasteiger partial charge in [0.1, 0.15) is 0 Å². The van der Waals surface area contributed by atoms with Crippen molar-refractivity contribution in [3.63, 3.8) is 0 Å². The number of aromatic nitrogens is 1. The van der Waals surface area contributed by atoms with Gasteiger partial charge >= 0.3 is 5.97 Å². The van der Waals surface area contributed by atoms with Gasteiger partial charge in [0.05, 0.1) is 17.7 Å². The smallest absolute Gasteiger partial charge is 0.358 e. The van der Waals surface area contributed by atoms with Crippen molar-refractivity contribution < 1.29 is 9.53 Å². The lowest BCUT2D eigenvalue weighted by Gasteiger charge is -2.05. The first-order valence-corrected chi connectivity index (χ1v) is 7.81. The van der Waals surface area contributed by atoms with E-state index in [1.165, 1.54) is 18.4 Å². The van der Waals surface area contributed by atoms with Crippen LogP contribution in [0.15, 0.2) is 60.7 Å². The van der Waals surface area contributed by atoms with E-state index in [1.807, 2.05) is 60.7 Å². The van der Waals surface area contributed by atoms with Gasteiger partial charge in [-0.3, -0.25) is 10.9 Å². The molecule has 0 saturated heterocycles. The lowest BCUT2D eigenvalue weighted by atomic mass is 10.1. The molecule has 0 atom stereocenters.